The third kappa shape index (κ3) is 2.02. The molecule has 1 fully saturated rings. The molecule has 1 saturated heterocycles. The molecule has 1 aliphatic heterocycles. The topological polar surface area (TPSA) is 39.1 Å². The standard InChI is InChI=1S/C13H14FN3O/c14-10-3-1-2-4-11(10)17-9-16-7-12(17)13-8-15-5-6-18-13/h1-4,7,9,13,15H,5-6,8H2. The van der Waals surface area contributed by atoms with Crippen molar-refractivity contribution in [2.24, 2.45) is 0 Å². The van der Waals surface area contributed by atoms with Crippen molar-refractivity contribution in [3.05, 3.63) is 48.3 Å². The highest BCUT2D eigenvalue weighted by molar-refractivity contribution is 5.35. The zero-order valence-corrected chi connectivity index (χ0v) is 9.84. The van der Waals surface area contributed by atoms with E-state index in [4.69, 9.17) is 4.74 Å². The summed E-state index contributed by atoms with van der Waals surface area (Å²) in [6.07, 6.45) is 3.26. The van der Waals surface area contributed by atoms with Crippen molar-refractivity contribution < 1.29 is 9.13 Å². The second kappa shape index (κ2) is 4.88. The Bertz CT molecular complexity index is 535. The average molecular weight is 247 g/mol. The summed E-state index contributed by atoms with van der Waals surface area (Å²) >= 11 is 0. The van der Waals surface area contributed by atoms with Gasteiger partial charge in [-0.05, 0) is 12.1 Å². The highest BCUT2D eigenvalue weighted by Crippen LogP contribution is 2.23. The van der Waals surface area contributed by atoms with Gasteiger partial charge < -0.3 is 10.1 Å². The van der Waals surface area contributed by atoms with E-state index in [1.54, 1.807) is 29.2 Å². The van der Waals surface area contributed by atoms with Crippen molar-refractivity contribution in [3.8, 4) is 5.69 Å². The number of para-hydroxylation sites is 1. The van der Waals surface area contributed by atoms with Crippen molar-refractivity contribution in [1.29, 1.82) is 0 Å². The lowest BCUT2D eigenvalue weighted by Gasteiger charge is -2.24. The number of rotatable bonds is 2. The Kier molecular flexibility index (Phi) is 3.08. The van der Waals surface area contributed by atoms with E-state index in [1.165, 1.54) is 6.07 Å². The Labute approximate surface area is 104 Å². The van der Waals surface area contributed by atoms with Gasteiger partial charge in [-0.15, -0.1) is 0 Å². The first-order valence-corrected chi connectivity index (χ1v) is 5.96. The summed E-state index contributed by atoms with van der Waals surface area (Å²) in [5.41, 5.74) is 1.37. The van der Waals surface area contributed by atoms with E-state index in [0.717, 1.165) is 18.8 Å². The molecule has 3 rings (SSSR count). The fourth-order valence-electron chi connectivity index (χ4n) is 2.15. The van der Waals surface area contributed by atoms with Crippen LogP contribution in [0.2, 0.25) is 0 Å². The van der Waals surface area contributed by atoms with Gasteiger partial charge in [0.2, 0.25) is 0 Å². The van der Waals surface area contributed by atoms with Gasteiger partial charge in [0.15, 0.2) is 0 Å². The largest absolute Gasteiger partial charge is 0.369 e. The van der Waals surface area contributed by atoms with Crippen molar-refractivity contribution in [2.75, 3.05) is 19.7 Å². The van der Waals surface area contributed by atoms with E-state index in [2.05, 4.69) is 10.3 Å². The van der Waals surface area contributed by atoms with E-state index in [-0.39, 0.29) is 11.9 Å². The van der Waals surface area contributed by atoms with Gasteiger partial charge in [-0.2, -0.15) is 0 Å². The van der Waals surface area contributed by atoms with Crippen molar-refractivity contribution in [2.45, 2.75) is 6.10 Å². The maximum Gasteiger partial charge on any atom is 0.147 e. The van der Waals surface area contributed by atoms with Crippen LogP contribution in [0.5, 0.6) is 0 Å². The predicted molar refractivity (Wildman–Crippen MR) is 65.1 cm³/mol. The number of hydrogen-bond acceptors (Lipinski definition) is 3. The van der Waals surface area contributed by atoms with Gasteiger partial charge >= 0.3 is 0 Å². The zero-order valence-electron chi connectivity index (χ0n) is 9.84. The Hall–Kier alpha value is -1.72. The summed E-state index contributed by atoms with van der Waals surface area (Å²) in [5, 5.41) is 3.26. The number of benzene rings is 1. The van der Waals surface area contributed by atoms with Crippen molar-refractivity contribution in [3.63, 3.8) is 0 Å². The molecule has 1 aliphatic rings. The molecule has 0 radical (unpaired) electrons. The van der Waals surface area contributed by atoms with Gasteiger partial charge in [-0.25, -0.2) is 9.37 Å². The van der Waals surface area contributed by atoms with E-state index in [0.29, 0.717) is 12.3 Å². The highest BCUT2D eigenvalue weighted by atomic mass is 19.1. The minimum absolute atomic E-state index is 0.0825. The van der Waals surface area contributed by atoms with Crippen LogP contribution in [0.25, 0.3) is 5.69 Å². The lowest BCUT2D eigenvalue weighted by atomic mass is 10.2. The van der Waals surface area contributed by atoms with Crippen molar-refractivity contribution in [1.82, 2.24) is 14.9 Å². The molecule has 0 aliphatic carbocycles. The first-order chi connectivity index (χ1) is 8.86. The summed E-state index contributed by atoms with van der Waals surface area (Å²) in [7, 11) is 0. The fraction of sp³-hybridized carbons (Fsp3) is 0.308. The number of aromatic nitrogens is 2. The van der Waals surface area contributed by atoms with Gasteiger partial charge in [-0.1, -0.05) is 12.1 Å². The van der Waals surface area contributed by atoms with Crippen LogP contribution in [0.3, 0.4) is 0 Å². The van der Waals surface area contributed by atoms with E-state index in [1.807, 2.05) is 6.07 Å². The number of hydrogen-bond donors (Lipinski definition) is 1. The van der Waals surface area contributed by atoms with Crippen LogP contribution in [0, 0.1) is 5.82 Å². The number of imidazole rings is 1. The Morgan fingerprint density at radius 3 is 3.06 bits per heavy atom. The monoisotopic (exact) mass is 247 g/mol. The molecular weight excluding hydrogens is 233 g/mol. The van der Waals surface area contributed by atoms with Gasteiger partial charge in [0.1, 0.15) is 11.9 Å². The SMILES string of the molecule is Fc1ccccc1-n1cncc1C1CNCCO1. The minimum atomic E-state index is -0.263. The van der Waals surface area contributed by atoms with Crippen LogP contribution in [-0.4, -0.2) is 29.2 Å². The quantitative estimate of drug-likeness (QED) is 0.877. The molecule has 0 saturated carbocycles. The molecule has 1 aromatic heterocycles. The molecule has 94 valence electrons. The minimum Gasteiger partial charge on any atom is -0.369 e. The van der Waals surface area contributed by atoms with E-state index in [9.17, 15) is 4.39 Å². The number of halogens is 1. The molecule has 1 unspecified atom stereocenters. The van der Waals surface area contributed by atoms with Gasteiger partial charge in [-0.3, -0.25) is 4.57 Å². The molecule has 0 amide bonds. The molecule has 2 aromatic rings. The maximum atomic E-state index is 13.8. The van der Waals surface area contributed by atoms with E-state index < -0.39 is 0 Å². The third-order valence-corrected chi connectivity index (χ3v) is 3.04. The molecule has 0 bridgehead atoms. The first-order valence-electron chi connectivity index (χ1n) is 5.96. The summed E-state index contributed by atoms with van der Waals surface area (Å²) in [6.45, 7) is 2.23. The predicted octanol–water partition coefficient (Wildman–Crippen LogP) is 1.67. The Morgan fingerprint density at radius 1 is 1.39 bits per heavy atom. The summed E-state index contributed by atoms with van der Waals surface area (Å²) < 4.78 is 21.2. The van der Waals surface area contributed by atoms with Gasteiger partial charge in [0.25, 0.3) is 0 Å². The number of nitrogens with zero attached hydrogens (tertiary/aromatic N) is 2. The Balaban J connectivity index is 1.98. The smallest absolute Gasteiger partial charge is 0.147 e. The van der Waals surface area contributed by atoms with Crippen molar-refractivity contribution >= 4 is 0 Å². The lowest BCUT2D eigenvalue weighted by molar-refractivity contribution is 0.0240. The van der Waals surface area contributed by atoms with Crippen LogP contribution < -0.4 is 5.32 Å². The summed E-state index contributed by atoms with van der Waals surface area (Å²) in [5.74, 6) is -0.263. The second-order valence-corrected chi connectivity index (χ2v) is 4.20. The normalized spacial score (nSPS) is 19.9. The number of morpholine rings is 1. The van der Waals surface area contributed by atoms with E-state index >= 15 is 0 Å². The van der Waals surface area contributed by atoms with Gasteiger partial charge in [0, 0.05) is 13.1 Å². The summed E-state index contributed by atoms with van der Waals surface area (Å²) in [6, 6.07) is 6.66. The average Bonchev–Trinajstić information content (AvgIpc) is 2.89. The fourth-order valence-corrected chi connectivity index (χ4v) is 2.15. The molecule has 1 aromatic carbocycles. The number of nitrogens with one attached hydrogen (secondary N) is 1. The van der Waals surface area contributed by atoms with Crippen LogP contribution in [0.15, 0.2) is 36.8 Å². The van der Waals surface area contributed by atoms with Crippen LogP contribution >= 0.6 is 0 Å². The van der Waals surface area contributed by atoms with Crippen LogP contribution in [0.1, 0.15) is 11.8 Å². The van der Waals surface area contributed by atoms with Gasteiger partial charge in [0.05, 0.1) is 30.5 Å². The highest BCUT2D eigenvalue weighted by Gasteiger charge is 2.20. The molecule has 5 heteroatoms. The molecule has 4 nitrogen and oxygen atoms in total. The number of ether oxygens (including phenoxy) is 1. The Morgan fingerprint density at radius 2 is 2.28 bits per heavy atom. The third-order valence-electron chi connectivity index (χ3n) is 3.04. The molecular formula is C13H14FN3O. The molecule has 2 heterocycles. The van der Waals surface area contributed by atoms with Crippen LogP contribution in [-0.2, 0) is 4.74 Å². The summed E-state index contributed by atoms with van der Waals surface area (Å²) in [4.78, 5) is 4.10. The van der Waals surface area contributed by atoms with Crippen LogP contribution in [0.4, 0.5) is 4.39 Å². The second-order valence-electron chi connectivity index (χ2n) is 4.20. The molecule has 18 heavy (non-hydrogen) atoms. The zero-order chi connectivity index (χ0) is 12.4. The first kappa shape index (κ1) is 11.4. The maximum absolute atomic E-state index is 13.8. The molecule has 1 atom stereocenters. The molecule has 0 spiro atoms. The lowest BCUT2D eigenvalue weighted by Crippen LogP contribution is -2.34. The molecule has 1 N–H and O–H groups in total.